The molecule has 1 N–H and O–H groups in total. The zero-order valence-corrected chi connectivity index (χ0v) is 12.5. The van der Waals surface area contributed by atoms with Crippen LogP contribution in [0.3, 0.4) is 0 Å². The van der Waals surface area contributed by atoms with Gasteiger partial charge in [0, 0.05) is 6.04 Å². The summed E-state index contributed by atoms with van der Waals surface area (Å²) in [7, 11) is 0. The van der Waals surface area contributed by atoms with E-state index in [9.17, 15) is 0 Å². The lowest BCUT2D eigenvalue weighted by molar-refractivity contribution is 0.0638. The average molecular weight is 252 g/mol. The van der Waals surface area contributed by atoms with Crippen molar-refractivity contribution in [2.75, 3.05) is 26.2 Å². The Kier molecular flexibility index (Phi) is 5.97. The molecule has 2 heteroatoms. The van der Waals surface area contributed by atoms with Crippen molar-refractivity contribution in [3.63, 3.8) is 0 Å². The average Bonchev–Trinajstić information content (AvgIpc) is 2.59. The second-order valence-electron chi connectivity index (χ2n) is 6.35. The molecule has 3 unspecified atom stereocenters. The van der Waals surface area contributed by atoms with Gasteiger partial charge in [-0.1, -0.05) is 20.3 Å². The molecule has 18 heavy (non-hydrogen) atoms. The van der Waals surface area contributed by atoms with E-state index in [1.54, 1.807) is 0 Å². The van der Waals surface area contributed by atoms with Crippen LogP contribution in [-0.2, 0) is 0 Å². The maximum atomic E-state index is 3.61. The van der Waals surface area contributed by atoms with Gasteiger partial charge in [-0.3, -0.25) is 0 Å². The molecule has 0 bridgehead atoms. The number of rotatable bonds is 6. The molecule has 1 saturated heterocycles. The van der Waals surface area contributed by atoms with Gasteiger partial charge in [-0.25, -0.2) is 0 Å². The first kappa shape index (κ1) is 14.3. The van der Waals surface area contributed by atoms with Crippen molar-refractivity contribution in [1.29, 1.82) is 0 Å². The van der Waals surface area contributed by atoms with Crippen LogP contribution in [0.4, 0.5) is 0 Å². The largest absolute Gasteiger partial charge is 0.316 e. The highest BCUT2D eigenvalue weighted by molar-refractivity contribution is 4.91. The van der Waals surface area contributed by atoms with Crippen molar-refractivity contribution in [1.82, 2.24) is 10.2 Å². The number of nitrogens with zero attached hydrogens (tertiary/aromatic N) is 1. The molecule has 0 radical (unpaired) electrons. The van der Waals surface area contributed by atoms with Gasteiger partial charge >= 0.3 is 0 Å². The van der Waals surface area contributed by atoms with Crippen LogP contribution in [0.2, 0.25) is 0 Å². The lowest BCUT2D eigenvalue weighted by atomic mass is 9.78. The zero-order valence-electron chi connectivity index (χ0n) is 12.5. The molecule has 0 aromatic rings. The lowest BCUT2D eigenvalue weighted by Crippen LogP contribution is -2.50. The molecule has 1 heterocycles. The topological polar surface area (TPSA) is 15.3 Å². The van der Waals surface area contributed by atoms with Crippen LogP contribution in [0.15, 0.2) is 0 Å². The van der Waals surface area contributed by atoms with Crippen LogP contribution in [-0.4, -0.2) is 37.1 Å². The predicted octanol–water partition coefficient (Wildman–Crippen LogP) is 3.28. The van der Waals surface area contributed by atoms with E-state index in [0.29, 0.717) is 0 Å². The molecular formula is C16H32N2. The fourth-order valence-corrected chi connectivity index (χ4v) is 3.66. The molecule has 2 nitrogen and oxygen atoms in total. The Hall–Kier alpha value is -0.0800. The monoisotopic (exact) mass is 252 g/mol. The normalized spacial score (nSPS) is 34.0. The summed E-state index contributed by atoms with van der Waals surface area (Å²) in [6, 6.07) is 0.907. The number of nitrogens with one attached hydrogen (secondary N) is 1. The van der Waals surface area contributed by atoms with Gasteiger partial charge in [0.05, 0.1) is 0 Å². The molecule has 0 amide bonds. The Balaban J connectivity index is 1.73. The Morgan fingerprint density at radius 3 is 2.61 bits per heavy atom. The first-order valence-corrected chi connectivity index (χ1v) is 8.29. The highest BCUT2D eigenvalue weighted by atomic mass is 15.2. The van der Waals surface area contributed by atoms with Gasteiger partial charge in [0.2, 0.25) is 0 Å². The van der Waals surface area contributed by atoms with Crippen LogP contribution in [0, 0.1) is 11.8 Å². The molecule has 2 rings (SSSR count). The Bertz CT molecular complexity index is 229. The minimum atomic E-state index is 0.907. The van der Waals surface area contributed by atoms with E-state index in [1.807, 2.05) is 0 Å². The minimum absolute atomic E-state index is 0.907. The van der Waals surface area contributed by atoms with Crippen molar-refractivity contribution in [3.05, 3.63) is 0 Å². The Morgan fingerprint density at radius 2 is 1.94 bits per heavy atom. The molecule has 106 valence electrons. The Labute approximate surface area is 114 Å². The summed E-state index contributed by atoms with van der Waals surface area (Å²) >= 11 is 0. The second-order valence-corrected chi connectivity index (χ2v) is 6.35. The molecule has 1 aliphatic heterocycles. The van der Waals surface area contributed by atoms with E-state index in [-0.39, 0.29) is 0 Å². The standard InChI is InChI=1S/C16H32N2/c1-3-10-17-13-15-7-8-16(15)18-11-5-6-14(4-2)9-12-18/h14-17H,3-13H2,1-2H3. The van der Waals surface area contributed by atoms with E-state index in [1.165, 1.54) is 71.1 Å². The quantitative estimate of drug-likeness (QED) is 0.730. The summed E-state index contributed by atoms with van der Waals surface area (Å²) in [6.07, 6.45) is 9.91. The van der Waals surface area contributed by atoms with E-state index in [0.717, 1.165) is 17.9 Å². The zero-order chi connectivity index (χ0) is 12.8. The molecule has 2 fully saturated rings. The van der Waals surface area contributed by atoms with Gasteiger partial charge in [0.15, 0.2) is 0 Å². The van der Waals surface area contributed by atoms with Gasteiger partial charge in [0.1, 0.15) is 0 Å². The maximum Gasteiger partial charge on any atom is 0.0136 e. The summed E-state index contributed by atoms with van der Waals surface area (Å²) in [6.45, 7) is 9.80. The van der Waals surface area contributed by atoms with E-state index >= 15 is 0 Å². The Morgan fingerprint density at radius 1 is 1.06 bits per heavy atom. The van der Waals surface area contributed by atoms with Gasteiger partial charge in [-0.05, 0) is 76.5 Å². The minimum Gasteiger partial charge on any atom is -0.316 e. The molecular weight excluding hydrogens is 220 g/mol. The summed E-state index contributed by atoms with van der Waals surface area (Å²) in [5.41, 5.74) is 0. The third-order valence-corrected chi connectivity index (χ3v) is 5.14. The van der Waals surface area contributed by atoms with Gasteiger partial charge in [-0.15, -0.1) is 0 Å². The third-order valence-electron chi connectivity index (χ3n) is 5.14. The molecule has 1 saturated carbocycles. The van der Waals surface area contributed by atoms with E-state index in [4.69, 9.17) is 0 Å². The van der Waals surface area contributed by atoms with E-state index < -0.39 is 0 Å². The first-order valence-electron chi connectivity index (χ1n) is 8.29. The molecule has 2 aliphatic rings. The van der Waals surface area contributed by atoms with Crippen molar-refractivity contribution in [3.8, 4) is 0 Å². The molecule has 1 aliphatic carbocycles. The second kappa shape index (κ2) is 7.49. The SMILES string of the molecule is CCCNCC1CCC1N1CCCC(CC)CC1. The summed E-state index contributed by atoms with van der Waals surface area (Å²) in [4.78, 5) is 2.82. The molecule has 3 atom stereocenters. The maximum absolute atomic E-state index is 3.61. The highest BCUT2D eigenvalue weighted by Crippen LogP contribution is 2.34. The summed E-state index contributed by atoms with van der Waals surface area (Å²) in [5, 5.41) is 3.61. The van der Waals surface area contributed by atoms with Crippen molar-refractivity contribution >= 4 is 0 Å². The van der Waals surface area contributed by atoms with Crippen LogP contribution < -0.4 is 5.32 Å². The van der Waals surface area contributed by atoms with Crippen molar-refractivity contribution in [2.24, 2.45) is 11.8 Å². The van der Waals surface area contributed by atoms with Gasteiger partial charge in [0.25, 0.3) is 0 Å². The molecule has 0 aromatic heterocycles. The summed E-state index contributed by atoms with van der Waals surface area (Å²) in [5.74, 6) is 1.95. The van der Waals surface area contributed by atoms with Crippen LogP contribution in [0.25, 0.3) is 0 Å². The van der Waals surface area contributed by atoms with Gasteiger partial charge < -0.3 is 10.2 Å². The summed E-state index contributed by atoms with van der Waals surface area (Å²) < 4.78 is 0. The molecule has 0 aromatic carbocycles. The fraction of sp³-hybridized carbons (Fsp3) is 1.00. The third kappa shape index (κ3) is 3.71. The fourth-order valence-electron chi connectivity index (χ4n) is 3.66. The number of hydrogen-bond acceptors (Lipinski definition) is 2. The smallest absolute Gasteiger partial charge is 0.0136 e. The number of likely N-dealkylation sites (tertiary alicyclic amines) is 1. The molecule has 0 spiro atoms. The van der Waals surface area contributed by atoms with Crippen LogP contribution >= 0.6 is 0 Å². The van der Waals surface area contributed by atoms with Crippen LogP contribution in [0.5, 0.6) is 0 Å². The van der Waals surface area contributed by atoms with Crippen molar-refractivity contribution < 1.29 is 0 Å². The highest BCUT2D eigenvalue weighted by Gasteiger charge is 2.35. The van der Waals surface area contributed by atoms with E-state index in [2.05, 4.69) is 24.1 Å². The lowest BCUT2D eigenvalue weighted by Gasteiger charge is -2.44. The van der Waals surface area contributed by atoms with Gasteiger partial charge in [-0.2, -0.15) is 0 Å². The van der Waals surface area contributed by atoms with Crippen LogP contribution in [0.1, 0.15) is 58.8 Å². The van der Waals surface area contributed by atoms with Crippen molar-refractivity contribution in [2.45, 2.75) is 64.8 Å². The first-order chi connectivity index (χ1) is 8.85. The number of hydrogen-bond donors (Lipinski definition) is 1. The predicted molar refractivity (Wildman–Crippen MR) is 78.9 cm³/mol.